The largest absolute Gasteiger partial charge is 0.350 e. The minimum absolute atomic E-state index is 0.804. The van der Waals surface area contributed by atoms with E-state index in [0.29, 0.717) is 0 Å². The number of hydrogen-bond acceptors (Lipinski definition) is 2. The molecule has 1 aromatic carbocycles. The van der Waals surface area contributed by atoms with Crippen LogP contribution < -0.4 is 4.90 Å². The molecular formula is C22H31NS. The summed E-state index contributed by atoms with van der Waals surface area (Å²) in [5, 5.41) is 2.17. The molecule has 0 aliphatic rings. The van der Waals surface area contributed by atoms with E-state index in [1.54, 1.807) is 11.8 Å². The number of rotatable bonds is 11. The molecule has 1 rings (SSSR count). The highest BCUT2D eigenvalue weighted by molar-refractivity contribution is 8.06. The van der Waals surface area contributed by atoms with E-state index < -0.39 is 0 Å². The fourth-order valence-corrected chi connectivity index (χ4v) is 3.17. The minimum Gasteiger partial charge on any atom is -0.350 e. The van der Waals surface area contributed by atoms with Crippen LogP contribution in [0.4, 0.5) is 5.69 Å². The van der Waals surface area contributed by atoms with Crippen LogP contribution in [-0.4, -0.2) is 7.05 Å². The predicted octanol–water partition coefficient (Wildman–Crippen LogP) is 7.17. The van der Waals surface area contributed by atoms with Gasteiger partial charge in [-0.25, -0.2) is 0 Å². The van der Waals surface area contributed by atoms with Gasteiger partial charge in [0.2, 0.25) is 0 Å². The number of anilines is 1. The first-order chi connectivity index (χ1) is 11.6. The van der Waals surface area contributed by atoms with Gasteiger partial charge in [0.15, 0.2) is 0 Å². The van der Waals surface area contributed by atoms with Gasteiger partial charge in [-0.2, -0.15) is 0 Å². The van der Waals surface area contributed by atoms with Gasteiger partial charge in [0.1, 0.15) is 0 Å². The van der Waals surface area contributed by atoms with Crippen LogP contribution in [0.15, 0.2) is 77.7 Å². The molecule has 1 atom stereocenters. The third-order valence-corrected chi connectivity index (χ3v) is 4.94. The van der Waals surface area contributed by atoms with Crippen LogP contribution in [0.1, 0.15) is 39.5 Å². The SMILES string of the molecule is C=C/C(=C\N(C)c1ccccc1)C(=C)S/C=C/CC(CC)CCC. The van der Waals surface area contributed by atoms with Crippen molar-refractivity contribution in [3.8, 4) is 0 Å². The first-order valence-electron chi connectivity index (χ1n) is 8.75. The summed E-state index contributed by atoms with van der Waals surface area (Å²) in [4.78, 5) is 3.12. The lowest BCUT2D eigenvalue weighted by Crippen LogP contribution is -2.08. The van der Waals surface area contributed by atoms with Gasteiger partial charge in [-0.3, -0.25) is 0 Å². The van der Waals surface area contributed by atoms with Gasteiger partial charge >= 0.3 is 0 Å². The van der Waals surface area contributed by atoms with Gasteiger partial charge in [-0.05, 0) is 29.9 Å². The Labute approximate surface area is 152 Å². The molecule has 0 amide bonds. The Bertz CT molecular complexity index is 557. The smallest absolute Gasteiger partial charge is 0.0403 e. The van der Waals surface area contributed by atoms with E-state index in [0.717, 1.165) is 28.5 Å². The van der Waals surface area contributed by atoms with Crippen LogP contribution in [0.2, 0.25) is 0 Å². The molecule has 0 fully saturated rings. The number of nitrogens with zero attached hydrogens (tertiary/aromatic N) is 1. The Morgan fingerprint density at radius 2 is 1.96 bits per heavy atom. The highest BCUT2D eigenvalue weighted by Crippen LogP contribution is 2.26. The Kier molecular flexibility index (Phi) is 10.0. The number of para-hydroxylation sites is 1. The van der Waals surface area contributed by atoms with Crippen LogP contribution in [0.5, 0.6) is 0 Å². The van der Waals surface area contributed by atoms with Crippen molar-refractivity contribution in [2.45, 2.75) is 39.5 Å². The Morgan fingerprint density at radius 3 is 2.54 bits per heavy atom. The van der Waals surface area contributed by atoms with Crippen molar-refractivity contribution in [1.82, 2.24) is 0 Å². The Balaban J connectivity index is 2.60. The second-order valence-electron chi connectivity index (χ2n) is 5.95. The lowest BCUT2D eigenvalue weighted by Gasteiger charge is -2.16. The molecule has 0 saturated carbocycles. The third-order valence-electron chi connectivity index (χ3n) is 4.09. The minimum atomic E-state index is 0.804. The quantitative estimate of drug-likeness (QED) is 0.392. The molecule has 0 bridgehead atoms. The maximum Gasteiger partial charge on any atom is 0.0403 e. The fraction of sp³-hybridized carbons (Fsp3) is 0.364. The van der Waals surface area contributed by atoms with E-state index in [1.165, 1.54) is 19.3 Å². The fourth-order valence-electron chi connectivity index (χ4n) is 2.53. The van der Waals surface area contributed by atoms with Crippen molar-refractivity contribution < 1.29 is 0 Å². The molecule has 0 aliphatic carbocycles. The summed E-state index contributed by atoms with van der Waals surface area (Å²) < 4.78 is 0. The Morgan fingerprint density at radius 1 is 1.25 bits per heavy atom. The average Bonchev–Trinajstić information content (AvgIpc) is 2.62. The zero-order chi connectivity index (χ0) is 17.8. The summed E-state index contributed by atoms with van der Waals surface area (Å²) in [6, 6.07) is 10.3. The normalized spacial score (nSPS) is 13.0. The predicted molar refractivity (Wildman–Crippen MR) is 112 cm³/mol. The van der Waals surface area contributed by atoms with Gasteiger partial charge in [-0.15, -0.1) is 0 Å². The molecule has 0 spiro atoms. The summed E-state index contributed by atoms with van der Waals surface area (Å²) in [5.41, 5.74) is 2.20. The van der Waals surface area contributed by atoms with Gasteiger partial charge in [0.05, 0.1) is 0 Å². The summed E-state index contributed by atoms with van der Waals surface area (Å²) in [7, 11) is 2.04. The van der Waals surface area contributed by atoms with Crippen molar-refractivity contribution in [3.05, 3.63) is 77.7 Å². The monoisotopic (exact) mass is 341 g/mol. The van der Waals surface area contributed by atoms with Gasteiger partial charge < -0.3 is 4.90 Å². The summed E-state index contributed by atoms with van der Waals surface area (Å²) in [5.74, 6) is 0.804. The molecule has 0 aromatic heterocycles. The summed E-state index contributed by atoms with van der Waals surface area (Å²) in [6.45, 7) is 12.7. The van der Waals surface area contributed by atoms with E-state index >= 15 is 0 Å². The second-order valence-corrected chi connectivity index (χ2v) is 6.95. The van der Waals surface area contributed by atoms with Crippen molar-refractivity contribution >= 4 is 17.4 Å². The molecule has 1 unspecified atom stereocenters. The molecule has 1 nitrogen and oxygen atoms in total. The van der Waals surface area contributed by atoms with Crippen molar-refractivity contribution in [2.24, 2.45) is 5.92 Å². The maximum absolute atomic E-state index is 4.19. The lowest BCUT2D eigenvalue weighted by molar-refractivity contribution is 0.470. The van der Waals surface area contributed by atoms with E-state index in [2.05, 4.69) is 61.7 Å². The molecule has 0 heterocycles. The van der Waals surface area contributed by atoms with E-state index in [-0.39, 0.29) is 0 Å². The van der Waals surface area contributed by atoms with Gasteiger partial charge in [0.25, 0.3) is 0 Å². The molecule has 0 aliphatic heterocycles. The number of allylic oxidation sites excluding steroid dienone is 3. The standard InChI is InChI=1S/C22H31NS/c1-6-13-20(7-2)14-12-17-24-19(4)21(8-3)18-23(5)22-15-10-9-11-16-22/h8-12,15-18,20H,3-4,6-7,13-14H2,1-2,5H3/b17-12+,21-18+. The van der Waals surface area contributed by atoms with Crippen LogP contribution in [0, 0.1) is 5.92 Å². The van der Waals surface area contributed by atoms with Gasteiger partial charge in [0, 0.05) is 29.4 Å². The highest BCUT2D eigenvalue weighted by atomic mass is 32.2. The molecule has 130 valence electrons. The number of benzene rings is 1. The zero-order valence-corrected chi connectivity index (χ0v) is 16.2. The van der Waals surface area contributed by atoms with Crippen molar-refractivity contribution in [1.29, 1.82) is 0 Å². The van der Waals surface area contributed by atoms with Crippen molar-refractivity contribution in [2.75, 3.05) is 11.9 Å². The topological polar surface area (TPSA) is 3.24 Å². The molecule has 2 heteroatoms. The van der Waals surface area contributed by atoms with Crippen LogP contribution in [0.25, 0.3) is 0 Å². The van der Waals surface area contributed by atoms with Crippen LogP contribution in [-0.2, 0) is 0 Å². The number of thioether (sulfide) groups is 1. The zero-order valence-electron chi connectivity index (χ0n) is 15.4. The third kappa shape index (κ3) is 7.27. The van der Waals surface area contributed by atoms with E-state index in [4.69, 9.17) is 0 Å². The second kappa shape index (κ2) is 11.8. The molecule has 1 aromatic rings. The first kappa shape index (κ1) is 20.4. The van der Waals surface area contributed by atoms with E-state index in [9.17, 15) is 0 Å². The summed E-state index contributed by atoms with van der Waals surface area (Å²) in [6.07, 6.45) is 11.2. The van der Waals surface area contributed by atoms with Gasteiger partial charge in [-0.1, -0.05) is 88.4 Å². The first-order valence-corrected chi connectivity index (χ1v) is 9.63. The molecule has 0 N–H and O–H groups in total. The van der Waals surface area contributed by atoms with Crippen molar-refractivity contribution in [3.63, 3.8) is 0 Å². The number of hydrogen-bond donors (Lipinski definition) is 0. The van der Waals surface area contributed by atoms with Crippen LogP contribution >= 0.6 is 11.8 Å². The highest BCUT2D eigenvalue weighted by Gasteiger charge is 2.04. The molecule has 24 heavy (non-hydrogen) atoms. The maximum atomic E-state index is 4.19. The lowest BCUT2D eigenvalue weighted by atomic mass is 9.97. The Hall–Kier alpha value is -1.67. The summed E-state index contributed by atoms with van der Waals surface area (Å²) >= 11 is 1.68. The molecule has 0 radical (unpaired) electrons. The van der Waals surface area contributed by atoms with E-state index in [1.807, 2.05) is 31.3 Å². The average molecular weight is 342 g/mol. The van der Waals surface area contributed by atoms with Crippen LogP contribution in [0.3, 0.4) is 0 Å². The molecular weight excluding hydrogens is 310 g/mol. The molecule has 0 saturated heterocycles.